The smallest absolute Gasteiger partial charge is 0.238 e. The number of nitrogens with two attached hydrogens (primary N) is 1. The first-order chi connectivity index (χ1) is 5.41. The average Bonchev–Trinajstić information content (AvgIpc) is 1.92. The molecular formula is C7H9NO3S. The van der Waals surface area contributed by atoms with Crippen molar-refractivity contribution in [2.45, 2.75) is 11.8 Å². The van der Waals surface area contributed by atoms with Gasteiger partial charge in [-0.1, -0.05) is 6.07 Å². The summed E-state index contributed by atoms with van der Waals surface area (Å²) in [6.07, 6.45) is 0. The van der Waals surface area contributed by atoms with Gasteiger partial charge in [0.15, 0.2) is 0 Å². The van der Waals surface area contributed by atoms with E-state index in [1.807, 2.05) is 0 Å². The molecule has 4 nitrogen and oxygen atoms in total. The monoisotopic (exact) mass is 187 g/mol. The fourth-order valence-electron chi connectivity index (χ4n) is 0.766. The van der Waals surface area contributed by atoms with E-state index < -0.39 is 10.0 Å². The molecule has 0 aliphatic rings. The van der Waals surface area contributed by atoms with Gasteiger partial charge in [0.1, 0.15) is 5.75 Å². The molecule has 0 aliphatic heterocycles. The third-order valence-electron chi connectivity index (χ3n) is 1.51. The van der Waals surface area contributed by atoms with Crippen LogP contribution in [0.4, 0.5) is 0 Å². The lowest BCUT2D eigenvalue weighted by Gasteiger charge is -2.00. The van der Waals surface area contributed by atoms with Crippen molar-refractivity contribution < 1.29 is 13.5 Å². The molecule has 1 aromatic carbocycles. The van der Waals surface area contributed by atoms with Crippen molar-refractivity contribution in [3.8, 4) is 5.75 Å². The van der Waals surface area contributed by atoms with Crippen LogP contribution in [0.15, 0.2) is 23.1 Å². The van der Waals surface area contributed by atoms with Crippen LogP contribution in [0.25, 0.3) is 0 Å². The minimum absolute atomic E-state index is 0.0680. The Hall–Kier alpha value is -1.07. The summed E-state index contributed by atoms with van der Waals surface area (Å²) in [5.41, 5.74) is 0.613. The number of primary sulfonamides is 1. The summed E-state index contributed by atoms with van der Waals surface area (Å²) in [6, 6.07) is 3.98. The van der Waals surface area contributed by atoms with Crippen LogP contribution < -0.4 is 5.14 Å². The number of hydrogen-bond acceptors (Lipinski definition) is 3. The molecule has 0 unspecified atom stereocenters. The van der Waals surface area contributed by atoms with E-state index in [9.17, 15) is 8.42 Å². The van der Waals surface area contributed by atoms with Crippen molar-refractivity contribution in [2.24, 2.45) is 5.14 Å². The Morgan fingerprint density at radius 2 is 2.00 bits per heavy atom. The normalized spacial score (nSPS) is 11.5. The molecule has 1 rings (SSSR count). The Bertz CT molecular complexity index is 397. The van der Waals surface area contributed by atoms with E-state index in [1.165, 1.54) is 12.1 Å². The van der Waals surface area contributed by atoms with Crippen molar-refractivity contribution in [3.05, 3.63) is 23.8 Å². The van der Waals surface area contributed by atoms with Crippen molar-refractivity contribution >= 4 is 10.0 Å². The van der Waals surface area contributed by atoms with Gasteiger partial charge in [0.25, 0.3) is 0 Å². The second kappa shape index (κ2) is 2.76. The van der Waals surface area contributed by atoms with Gasteiger partial charge < -0.3 is 5.11 Å². The van der Waals surface area contributed by atoms with Crippen LogP contribution in [0.1, 0.15) is 5.56 Å². The highest BCUT2D eigenvalue weighted by Crippen LogP contribution is 2.19. The molecule has 1 aromatic rings. The largest absolute Gasteiger partial charge is 0.508 e. The zero-order chi connectivity index (χ0) is 9.35. The Labute approximate surface area is 70.7 Å². The zero-order valence-electron chi connectivity index (χ0n) is 6.48. The van der Waals surface area contributed by atoms with Gasteiger partial charge in [-0.25, -0.2) is 13.6 Å². The van der Waals surface area contributed by atoms with Crippen LogP contribution in [-0.4, -0.2) is 13.5 Å². The summed E-state index contributed by atoms with van der Waals surface area (Å²) in [4.78, 5) is -0.0781. The highest BCUT2D eigenvalue weighted by Gasteiger charge is 2.08. The van der Waals surface area contributed by atoms with Gasteiger partial charge in [-0.15, -0.1) is 0 Å². The van der Waals surface area contributed by atoms with Crippen molar-refractivity contribution in [3.63, 3.8) is 0 Å². The summed E-state index contributed by atoms with van der Waals surface area (Å²) >= 11 is 0. The summed E-state index contributed by atoms with van der Waals surface area (Å²) in [5, 5.41) is 14.0. The lowest BCUT2D eigenvalue weighted by atomic mass is 10.2. The van der Waals surface area contributed by atoms with Crippen LogP contribution >= 0.6 is 0 Å². The lowest BCUT2D eigenvalue weighted by molar-refractivity contribution is 0.469. The predicted molar refractivity (Wildman–Crippen MR) is 44.2 cm³/mol. The van der Waals surface area contributed by atoms with Gasteiger partial charge in [0, 0.05) is 6.07 Å². The molecule has 0 aliphatic carbocycles. The van der Waals surface area contributed by atoms with E-state index in [0.717, 1.165) is 6.07 Å². The topological polar surface area (TPSA) is 80.4 Å². The number of phenolic OH excluding ortho intramolecular Hbond substituents is 1. The van der Waals surface area contributed by atoms with Gasteiger partial charge in [0.05, 0.1) is 4.90 Å². The quantitative estimate of drug-likeness (QED) is 0.665. The number of aryl methyl sites for hydroxylation is 1. The second-order valence-electron chi connectivity index (χ2n) is 2.49. The predicted octanol–water partition coefficient (Wildman–Crippen LogP) is 0.348. The number of phenols is 1. The molecular weight excluding hydrogens is 178 g/mol. The molecule has 0 heterocycles. The Morgan fingerprint density at radius 1 is 1.42 bits per heavy atom. The minimum Gasteiger partial charge on any atom is -0.508 e. The number of sulfonamides is 1. The molecule has 0 spiro atoms. The van der Waals surface area contributed by atoms with Crippen molar-refractivity contribution in [1.82, 2.24) is 0 Å². The second-order valence-corrected chi connectivity index (χ2v) is 4.05. The van der Waals surface area contributed by atoms with Gasteiger partial charge in [-0.3, -0.25) is 0 Å². The van der Waals surface area contributed by atoms with Gasteiger partial charge >= 0.3 is 0 Å². The molecule has 3 N–H and O–H groups in total. The molecule has 0 saturated heterocycles. The fourth-order valence-corrected chi connectivity index (χ4v) is 1.30. The molecule has 0 saturated carbocycles. The summed E-state index contributed by atoms with van der Waals surface area (Å²) in [5.74, 6) is -0.0680. The maximum Gasteiger partial charge on any atom is 0.238 e. The van der Waals surface area contributed by atoms with Crippen LogP contribution in [0, 0.1) is 6.92 Å². The number of rotatable bonds is 1. The van der Waals surface area contributed by atoms with Crippen LogP contribution in [0.3, 0.4) is 0 Å². The van der Waals surface area contributed by atoms with Gasteiger partial charge in [-0.05, 0) is 18.6 Å². The zero-order valence-corrected chi connectivity index (χ0v) is 7.30. The lowest BCUT2D eigenvalue weighted by Crippen LogP contribution is -2.11. The third-order valence-corrected chi connectivity index (χ3v) is 2.42. The van der Waals surface area contributed by atoms with E-state index in [0.29, 0.717) is 5.56 Å². The van der Waals surface area contributed by atoms with E-state index in [-0.39, 0.29) is 10.6 Å². The molecule has 0 atom stereocenters. The third kappa shape index (κ3) is 1.75. The first kappa shape index (κ1) is 9.02. The van der Waals surface area contributed by atoms with Gasteiger partial charge in [-0.2, -0.15) is 0 Å². The maximum absolute atomic E-state index is 10.8. The maximum atomic E-state index is 10.8. The van der Waals surface area contributed by atoms with E-state index in [4.69, 9.17) is 10.2 Å². The molecule has 0 fully saturated rings. The molecule has 0 radical (unpaired) electrons. The number of aromatic hydroxyl groups is 1. The van der Waals surface area contributed by atoms with Gasteiger partial charge in [0.2, 0.25) is 10.0 Å². The minimum atomic E-state index is -3.70. The van der Waals surface area contributed by atoms with Crippen molar-refractivity contribution in [1.29, 1.82) is 0 Å². The highest BCUT2D eigenvalue weighted by atomic mass is 32.2. The molecule has 5 heteroatoms. The van der Waals surface area contributed by atoms with E-state index >= 15 is 0 Å². The van der Waals surface area contributed by atoms with Crippen LogP contribution in [-0.2, 0) is 10.0 Å². The SMILES string of the molecule is Cc1ccc(S(N)(=O)=O)cc1O. The Morgan fingerprint density at radius 3 is 2.42 bits per heavy atom. The summed E-state index contributed by atoms with van der Waals surface area (Å²) < 4.78 is 21.5. The summed E-state index contributed by atoms with van der Waals surface area (Å²) in [6.45, 7) is 1.67. The van der Waals surface area contributed by atoms with Crippen molar-refractivity contribution in [2.75, 3.05) is 0 Å². The first-order valence-corrected chi connectivity index (χ1v) is 4.78. The first-order valence-electron chi connectivity index (χ1n) is 3.23. The number of hydrogen-bond donors (Lipinski definition) is 2. The average molecular weight is 187 g/mol. The van der Waals surface area contributed by atoms with E-state index in [1.54, 1.807) is 6.92 Å². The molecule has 0 amide bonds. The van der Waals surface area contributed by atoms with Crippen LogP contribution in [0.2, 0.25) is 0 Å². The summed E-state index contributed by atoms with van der Waals surface area (Å²) in [7, 11) is -3.70. The fraction of sp³-hybridized carbons (Fsp3) is 0.143. The highest BCUT2D eigenvalue weighted by molar-refractivity contribution is 7.89. The standard InChI is InChI=1S/C7H9NO3S/c1-5-2-3-6(4-7(5)9)12(8,10)11/h2-4,9H,1H3,(H2,8,10,11). The van der Waals surface area contributed by atoms with E-state index in [2.05, 4.69) is 0 Å². The Balaban J connectivity index is 3.33. The molecule has 0 aromatic heterocycles. The molecule has 0 bridgehead atoms. The molecule has 66 valence electrons. The van der Waals surface area contributed by atoms with Crippen LogP contribution in [0.5, 0.6) is 5.75 Å². The molecule has 12 heavy (non-hydrogen) atoms. The Kier molecular flexibility index (Phi) is 2.08. The number of benzene rings is 1.